The van der Waals surface area contributed by atoms with E-state index in [-0.39, 0.29) is 6.04 Å². The highest BCUT2D eigenvalue weighted by molar-refractivity contribution is 5.74. The highest BCUT2D eigenvalue weighted by Gasteiger charge is 2.27. The fraction of sp³-hybridized carbons (Fsp3) is 0.125. The quantitative estimate of drug-likeness (QED) is 0.905. The zero-order valence-electron chi connectivity index (χ0n) is 11.0. The maximum Gasteiger partial charge on any atom is 0.127 e. The lowest BCUT2D eigenvalue weighted by molar-refractivity contribution is 0.118. The van der Waals surface area contributed by atoms with Gasteiger partial charge in [0.25, 0.3) is 0 Å². The number of nitriles is 1. The van der Waals surface area contributed by atoms with Crippen LogP contribution >= 0.6 is 0 Å². The number of hydroxylamine groups is 1. The molecule has 20 heavy (non-hydrogen) atoms. The number of aromatic nitrogens is 1. The smallest absolute Gasteiger partial charge is 0.127 e. The van der Waals surface area contributed by atoms with E-state index in [4.69, 9.17) is 10.1 Å². The first-order valence-corrected chi connectivity index (χ1v) is 6.33. The molecule has 3 rings (SSSR count). The highest BCUT2D eigenvalue weighted by atomic mass is 16.7. The standard InChI is InChI=1S/C16H13N3O/c1-11-15(13-6-4-12(9-17)5-7-13)16(19-20-11)14-3-2-8-18-10-14/h2-8,10,16,19H,1H3. The van der Waals surface area contributed by atoms with Crippen molar-refractivity contribution in [2.75, 3.05) is 0 Å². The number of nitrogens with one attached hydrogen (secondary N) is 1. The van der Waals surface area contributed by atoms with Crippen LogP contribution in [0.2, 0.25) is 0 Å². The van der Waals surface area contributed by atoms with E-state index in [0.717, 1.165) is 22.5 Å². The SMILES string of the molecule is CC1=C(c2ccc(C#N)cc2)C(c2cccnc2)NO1. The molecular weight excluding hydrogens is 250 g/mol. The van der Waals surface area contributed by atoms with Crippen molar-refractivity contribution in [3.63, 3.8) is 0 Å². The molecule has 0 spiro atoms. The molecule has 0 aliphatic carbocycles. The van der Waals surface area contributed by atoms with E-state index in [1.165, 1.54) is 0 Å². The molecule has 1 aromatic heterocycles. The summed E-state index contributed by atoms with van der Waals surface area (Å²) < 4.78 is 0. The van der Waals surface area contributed by atoms with E-state index in [1.807, 2.05) is 49.5 Å². The Kier molecular flexibility index (Phi) is 3.20. The van der Waals surface area contributed by atoms with Gasteiger partial charge in [-0.3, -0.25) is 4.98 Å². The molecule has 1 aromatic carbocycles. The van der Waals surface area contributed by atoms with Crippen LogP contribution in [-0.4, -0.2) is 4.98 Å². The lowest BCUT2D eigenvalue weighted by Crippen LogP contribution is -2.14. The van der Waals surface area contributed by atoms with Gasteiger partial charge in [-0.2, -0.15) is 5.26 Å². The minimum absolute atomic E-state index is 0.0448. The first-order valence-electron chi connectivity index (χ1n) is 6.33. The molecule has 4 heteroatoms. The third kappa shape index (κ3) is 2.15. The Labute approximate surface area is 117 Å². The van der Waals surface area contributed by atoms with Gasteiger partial charge in [-0.1, -0.05) is 18.2 Å². The molecular formula is C16H13N3O. The van der Waals surface area contributed by atoms with Crippen LogP contribution in [0.5, 0.6) is 0 Å². The first-order chi connectivity index (χ1) is 9.79. The molecule has 1 N–H and O–H groups in total. The van der Waals surface area contributed by atoms with Crippen LogP contribution in [0, 0.1) is 11.3 Å². The molecule has 0 saturated heterocycles. The summed E-state index contributed by atoms with van der Waals surface area (Å²) in [6, 6.07) is 13.5. The van der Waals surface area contributed by atoms with E-state index < -0.39 is 0 Å². The summed E-state index contributed by atoms with van der Waals surface area (Å²) in [5.41, 5.74) is 6.83. The lowest BCUT2D eigenvalue weighted by atomic mass is 9.93. The molecule has 0 radical (unpaired) electrons. The molecule has 98 valence electrons. The van der Waals surface area contributed by atoms with Crippen molar-refractivity contribution < 1.29 is 4.84 Å². The highest BCUT2D eigenvalue weighted by Crippen LogP contribution is 2.37. The van der Waals surface area contributed by atoms with Gasteiger partial charge in [0.15, 0.2) is 0 Å². The molecule has 2 aromatic rings. The first kappa shape index (κ1) is 12.4. The maximum absolute atomic E-state index is 8.87. The Bertz CT molecular complexity index is 684. The molecule has 0 amide bonds. The number of allylic oxidation sites excluding steroid dienone is 1. The number of pyridine rings is 1. The van der Waals surface area contributed by atoms with Crippen LogP contribution in [0.15, 0.2) is 54.6 Å². The number of nitrogens with zero attached hydrogens (tertiary/aromatic N) is 2. The number of hydrogen-bond acceptors (Lipinski definition) is 4. The molecule has 0 fully saturated rings. The topological polar surface area (TPSA) is 57.9 Å². The van der Waals surface area contributed by atoms with Gasteiger partial charge in [0.2, 0.25) is 0 Å². The zero-order valence-corrected chi connectivity index (χ0v) is 11.0. The summed E-state index contributed by atoms with van der Waals surface area (Å²) in [5.74, 6) is 0.837. The fourth-order valence-corrected chi connectivity index (χ4v) is 2.34. The molecule has 1 unspecified atom stereocenters. The number of hydrogen-bond donors (Lipinski definition) is 1. The van der Waals surface area contributed by atoms with Crippen molar-refractivity contribution in [1.82, 2.24) is 10.5 Å². The van der Waals surface area contributed by atoms with E-state index in [9.17, 15) is 0 Å². The second kappa shape index (κ2) is 5.16. The van der Waals surface area contributed by atoms with Gasteiger partial charge in [0.1, 0.15) is 5.76 Å². The van der Waals surface area contributed by atoms with E-state index in [1.54, 1.807) is 6.20 Å². The number of benzene rings is 1. The molecule has 1 aliphatic rings. The van der Waals surface area contributed by atoms with Gasteiger partial charge >= 0.3 is 0 Å². The van der Waals surface area contributed by atoms with Crippen molar-refractivity contribution in [2.24, 2.45) is 0 Å². The molecule has 4 nitrogen and oxygen atoms in total. The van der Waals surface area contributed by atoms with Crippen LogP contribution in [0.1, 0.15) is 29.7 Å². The summed E-state index contributed by atoms with van der Waals surface area (Å²) in [6.07, 6.45) is 3.57. The number of rotatable bonds is 2. The van der Waals surface area contributed by atoms with Gasteiger partial charge in [-0.05, 0) is 36.2 Å². The van der Waals surface area contributed by atoms with Crippen LogP contribution < -0.4 is 5.48 Å². The van der Waals surface area contributed by atoms with Gasteiger partial charge in [0.05, 0.1) is 17.7 Å². The van der Waals surface area contributed by atoms with Crippen molar-refractivity contribution in [2.45, 2.75) is 13.0 Å². The largest absolute Gasteiger partial charge is 0.412 e. The fourth-order valence-electron chi connectivity index (χ4n) is 2.34. The predicted molar refractivity (Wildman–Crippen MR) is 74.9 cm³/mol. The second-order valence-electron chi connectivity index (χ2n) is 4.60. The monoisotopic (exact) mass is 263 g/mol. The maximum atomic E-state index is 8.87. The predicted octanol–water partition coefficient (Wildman–Crippen LogP) is 2.96. The van der Waals surface area contributed by atoms with Gasteiger partial charge in [-0.15, -0.1) is 5.48 Å². The van der Waals surface area contributed by atoms with Crippen LogP contribution in [0.3, 0.4) is 0 Å². The van der Waals surface area contributed by atoms with Crippen molar-refractivity contribution in [3.05, 3.63) is 71.2 Å². The van der Waals surface area contributed by atoms with E-state index in [2.05, 4.69) is 16.5 Å². The third-order valence-corrected chi connectivity index (χ3v) is 3.34. The average molecular weight is 263 g/mol. The van der Waals surface area contributed by atoms with Gasteiger partial charge in [0, 0.05) is 18.0 Å². The van der Waals surface area contributed by atoms with Crippen molar-refractivity contribution >= 4 is 5.57 Å². The summed E-state index contributed by atoms with van der Waals surface area (Å²) in [5, 5.41) is 8.87. The molecule has 2 heterocycles. The van der Waals surface area contributed by atoms with Crippen LogP contribution in [-0.2, 0) is 4.84 Å². The van der Waals surface area contributed by atoms with E-state index >= 15 is 0 Å². The zero-order chi connectivity index (χ0) is 13.9. The summed E-state index contributed by atoms with van der Waals surface area (Å²) in [6.45, 7) is 1.93. The van der Waals surface area contributed by atoms with Crippen molar-refractivity contribution in [1.29, 1.82) is 5.26 Å². The Balaban J connectivity index is 2.01. The Morgan fingerprint density at radius 3 is 2.70 bits per heavy atom. The summed E-state index contributed by atoms with van der Waals surface area (Å²) >= 11 is 0. The minimum atomic E-state index is -0.0448. The molecule has 0 saturated carbocycles. The summed E-state index contributed by atoms with van der Waals surface area (Å²) in [4.78, 5) is 9.63. The summed E-state index contributed by atoms with van der Waals surface area (Å²) in [7, 11) is 0. The molecule has 1 aliphatic heterocycles. The normalized spacial score (nSPS) is 17.7. The molecule has 1 atom stereocenters. The van der Waals surface area contributed by atoms with Crippen LogP contribution in [0.25, 0.3) is 5.57 Å². The van der Waals surface area contributed by atoms with Crippen molar-refractivity contribution in [3.8, 4) is 6.07 Å². The Hall–Kier alpha value is -2.64. The van der Waals surface area contributed by atoms with Crippen LogP contribution in [0.4, 0.5) is 0 Å². The second-order valence-corrected chi connectivity index (χ2v) is 4.60. The van der Waals surface area contributed by atoms with Gasteiger partial charge < -0.3 is 4.84 Å². The Morgan fingerprint density at radius 2 is 2.05 bits per heavy atom. The minimum Gasteiger partial charge on any atom is -0.412 e. The molecule has 0 bridgehead atoms. The third-order valence-electron chi connectivity index (χ3n) is 3.34. The average Bonchev–Trinajstić information content (AvgIpc) is 2.90. The van der Waals surface area contributed by atoms with E-state index in [0.29, 0.717) is 5.56 Å². The van der Waals surface area contributed by atoms with Gasteiger partial charge in [-0.25, -0.2) is 0 Å². The Morgan fingerprint density at radius 1 is 1.25 bits per heavy atom. The lowest BCUT2D eigenvalue weighted by Gasteiger charge is -2.13.